The number of nitrogens with zero attached hydrogens (tertiary/aromatic N) is 1. The zero-order chi connectivity index (χ0) is 14.7. The maximum absolute atomic E-state index is 12.4. The summed E-state index contributed by atoms with van der Waals surface area (Å²) in [4.78, 5) is 12.4. The number of hydrogen-bond acceptors (Lipinski definition) is 3. The topological polar surface area (TPSA) is 55.3 Å². The third kappa shape index (κ3) is 2.89. The maximum atomic E-state index is 12.4. The monoisotopic (exact) mass is 289 g/mol. The van der Waals surface area contributed by atoms with Crippen molar-refractivity contribution in [2.24, 2.45) is 0 Å². The number of allylic oxidation sites excluding steroid dienone is 1. The largest absolute Gasteiger partial charge is 0.380 e. The van der Waals surface area contributed by atoms with E-state index in [2.05, 4.69) is 21.3 Å². The molecule has 1 aliphatic carbocycles. The first kappa shape index (κ1) is 14.4. The van der Waals surface area contributed by atoms with E-state index in [9.17, 15) is 4.79 Å². The fraction of sp³-hybridized carbons (Fsp3) is 0.562. The van der Waals surface area contributed by atoms with Crippen LogP contribution in [0.1, 0.15) is 35.0 Å². The Labute approximate surface area is 125 Å². The molecular weight excluding hydrogens is 266 g/mol. The lowest BCUT2D eigenvalue weighted by atomic mass is 9.94. The van der Waals surface area contributed by atoms with Gasteiger partial charge in [-0.1, -0.05) is 6.08 Å². The van der Waals surface area contributed by atoms with Crippen LogP contribution in [0.4, 0.5) is 0 Å². The zero-order valence-electron chi connectivity index (χ0n) is 12.6. The predicted molar refractivity (Wildman–Crippen MR) is 82.4 cm³/mol. The highest BCUT2D eigenvalue weighted by atomic mass is 16.5. The van der Waals surface area contributed by atoms with Crippen LogP contribution in [0.25, 0.3) is 5.57 Å². The molecule has 1 aromatic rings. The van der Waals surface area contributed by atoms with Gasteiger partial charge in [0.15, 0.2) is 0 Å². The first-order chi connectivity index (χ1) is 10.3. The number of carbonyl (C=O) groups is 1. The van der Waals surface area contributed by atoms with Gasteiger partial charge in [-0.05, 0) is 30.9 Å². The van der Waals surface area contributed by atoms with E-state index in [1.54, 1.807) is 0 Å². The van der Waals surface area contributed by atoms with Crippen LogP contribution in [0, 0.1) is 0 Å². The van der Waals surface area contributed by atoms with Gasteiger partial charge in [-0.3, -0.25) is 4.79 Å². The first-order valence-corrected chi connectivity index (χ1v) is 7.79. The quantitative estimate of drug-likeness (QED) is 0.801. The lowest BCUT2D eigenvalue weighted by Gasteiger charge is -2.15. The maximum Gasteiger partial charge on any atom is 0.253 e. The Morgan fingerprint density at radius 1 is 1.52 bits per heavy atom. The number of rotatable bonds is 5. The lowest BCUT2D eigenvalue weighted by molar-refractivity contribution is 0.0921. The van der Waals surface area contributed by atoms with Crippen LogP contribution in [0.2, 0.25) is 0 Å². The number of ether oxygens (including phenoxy) is 1. The highest BCUT2D eigenvalue weighted by Crippen LogP contribution is 2.31. The summed E-state index contributed by atoms with van der Waals surface area (Å²) in [7, 11) is 0. The van der Waals surface area contributed by atoms with Gasteiger partial charge in [-0.15, -0.1) is 0 Å². The van der Waals surface area contributed by atoms with Crippen molar-refractivity contribution in [2.75, 3.05) is 32.8 Å². The third-order valence-corrected chi connectivity index (χ3v) is 4.10. The normalized spacial score (nSPS) is 16.9. The SMILES string of the molecule is CCOCCNC(=O)c1cn2c3c1CCC=C3CNCC2. The lowest BCUT2D eigenvalue weighted by Crippen LogP contribution is -2.28. The van der Waals surface area contributed by atoms with Crippen molar-refractivity contribution in [1.82, 2.24) is 15.2 Å². The van der Waals surface area contributed by atoms with E-state index < -0.39 is 0 Å². The molecule has 0 saturated heterocycles. The Bertz CT molecular complexity index is 560. The summed E-state index contributed by atoms with van der Waals surface area (Å²) in [6.45, 7) is 6.55. The molecule has 1 amide bonds. The number of carbonyl (C=O) groups excluding carboxylic acids is 1. The Hall–Kier alpha value is -1.59. The minimum Gasteiger partial charge on any atom is -0.380 e. The van der Waals surface area contributed by atoms with Crippen molar-refractivity contribution in [3.63, 3.8) is 0 Å². The van der Waals surface area contributed by atoms with Gasteiger partial charge < -0.3 is 19.9 Å². The van der Waals surface area contributed by atoms with Crippen LogP contribution in [0.15, 0.2) is 12.3 Å². The summed E-state index contributed by atoms with van der Waals surface area (Å²) in [5.41, 5.74) is 4.66. The highest BCUT2D eigenvalue weighted by molar-refractivity contribution is 5.97. The van der Waals surface area contributed by atoms with Crippen molar-refractivity contribution in [3.8, 4) is 0 Å². The second-order valence-corrected chi connectivity index (χ2v) is 5.46. The molecule has 5 nitrogen and oxygen atoms in total. The third-order valence-electron chi connectivity index (χ3n) is 4.10. The Balaban J connectivity index is 1.80. The van der Waals surface area contributed by atoms with E-state index in [0.717, 1.165) is 38.0 Å². The van der Waals surface area contributed by atoms with Gasteiger partial charge in [0.05, 0.1) is 12.2 Å². The smallest absolute Gasteiger partial charge is 0.253 e. The van der Waals surface area contributed by atoms with E-state index in [1.807, 2.05) is 13.1 Å². The molecule has 1 aromatic heterocycles. The van der Waals surface area contributed by atoms with Crippen LogP contribution in [-0.4, -0.2) is 43.3 Å². The molecule has 5 heteroatoms. The molecule has 0 bridgehead atoms. The van der Waals surface area contributed by atoms with Crippen LogP contribution in [0.3, 0.4) is 0 Å². The van der Waals surface area contributed by atoms with E-state index >= 15 is 0 Å². The molecule has 2 heterocycles. The number of aromatic nitrogens is 1. The Morgan fingerprint density at radius 3 is 3.29 bits per heavy atom. The summed E-state index contributed by atoms with van der Waals surface area (Å²) in [5.74, 6) is 0.0273. The van der Waals surface area contributed by atoms with Gasteiger partial charge in [-0.2, -0.15) is 0 Å². The fourth-order valence-electron chi connectivity index (χ4n) is 3.14. The Morgan fingerprint density at radius 2 is 2.43 bits per heavy atom. The molecule has 0 radical (unpaired) electrons. The second-order valence-electron chi connectivity index (χ2n) is 5.46. The Kier molecular flexibility index (Phi) is 4.41. The molecule has 0 atom stereocenters. The molecule has 3 rings (SSSR count). The van der Waals surface area contributed by atoms with Crippen molar-refractivity contribution in [3.05, 3.63) is 29.1 Å². The average molecular weight is 289 g/mol. The molecular formula is C16H23N3O2. The fourth-order valence-corrected chi connectivity index (χ4v) is 3.14. The minimum atomic E-state index is 0.0273. The van der Waals surface area contributed by atoms with Gasteiger partial charge in [-0.25, -0.2) is 0 Å². The summed E-state index contributed by atoms with van der Waals surface area (Å²) in [5, 5.41) is 6.39. The summed E-state index contributed by atoms with van der Waals surface area (Å²) >= 11 is 0. The molecule has 2 N–H and O–H groups in total. The molecule has 21 heavy (non-hydrogen) atoms. The minimum absolute atomic E-state index is 0.0273. The van der Waals surface area contributed by atoms with E-state index in [4.69, 9.17) is 4.74 Å². The molecule has 0 spiro atoms. The van der Waals surface area contributed by atoms with E-state index in [1.165, 1.54) is 16.8 Å². The van der Waals surface area contributed by atoms with E-state index in [-0.39, 0.29) is 5.91 Å². The molecule has 0 aromatic carbocycles. The van der Waals surface area contributed by atoms with E-state index in [0.29, 0.717) is 19.8 Å². The summed E-state index contributed by atoms with van der Waals surface area (Å²) in [6, 6.07) is 0. The van der Waals surface area contributed by atoms with Gasteiger partial charge in [0.1, 0.15) is 0 Å². The standard InChI is InChI=1S/C16H23N3O2/c1-2-21-9-7-18-16(20)14-11-19-8-6-17-10-12-4-3-5-13(14)15(12)19/h4,11,17H,2-3,5-10H2,1H3,(H,18,20). The van der Waals surface area contributed by atoms with Gasteiger partial charge in [0, 0.05) is 44.7 Å². The van der Waals surface area contributed by atoms with Crippen LogP contribution in [0.5, 0.6) is 0 Å². The van der Waals surface area contributed by atoms with Crippen LogP contribution < -0.4 is 10.6 Å². The molecule has 1 aliphatic heterocycles. The van der Waals surface area contributed by atoms with Crippen LogP contribution >= 0.6 is 0 Å². The van der Waals surface area contributed by atoms with Crippen molar-refractivity contribution in [1.29, 1.82) is 0 Å². The van der Waals surface area contributed by atoms with Gasteiger partial charge in [0.25, 0.3) is 5.91 Å². The number of hydrogen-bond donors (Lipinski definition) is 2. The highest BCUT2D eigenvalue weighted by Gasteiger charge is 2.25. The number of amides is 1. The molecule has 0 fully saturated rings. The van der Waals surface area contributed by atoms with Crippen molar-refractivity contribution in [2.45, 2.75) is 26.3 Å². The van der Waals surface area contributed by atoms with Crippen LogP contribution in [-0.2, 0) is 17.7 Å². The number of nitrogens with one attached hydrogen (secondary N) is 2. The average Bonchev–Trinajstić information content (AvgIpc) is 2.74. The van der Waals surface area contributed by atoms with Crippen molar-refractivity contribution >= 4 is 11.5 Å². The second kappa shape index (κ2) is 6.45. The first-order valence-electron chi connectivity index (χ1n) is 7.79. The molecule has 2 aliphatic rings. The van der Waals surface area contributed by atoms with Gasteiger partial charge >= 0.3 is 0 Å². The van der Waals surface area contributed by atoms with Crippen molar-refractivity contribution < 1.29 is 9.53 Å². The molecule has 0 unspecified atom stereocenters. The summed E-state index contributed by atoms with van der Waals surface area (Å²) in [6.07, 6.45) is 6.30. The molecule has 0 saturated carbocycles. The summed E-state index contributed by atoms with van der Waals surface area (Å²) < 4.78 is 7.50. The van der Waals surface area contributed by atoms with Gasteiger partial charge in [0.2, 0.25) is 0 Å². The zero-order valence-corrected chi connectivity index (χ0v) is 12.6. The predicted octanol–water partition coefficient (Wildman–Crippen LogP) is 1.19. The molecule has 114 valence electrons.